The number of carbonyl (C=O) groups is 1. The van der Waals surface area contributed by atoms with E-state index in [0.29, 0.717) is 5.56 Å². The number of anilines is 1. The Morgan fingerprint density at radius 2 is 1.85 bits per heavy atom. The first-order valence-electron chi connectivity index (χ1n) is 9.23. The summed E-state index contributed by atoms with van der Waals surface area (Å²) in [5, 5.41) is 6.48. The summed E-state index contributed by atoms with van der Waals surface area (Å²) in [5.74, 6) is -0.0893. The average Bonchev–Trinajstić information content (AvgIpc) is 3.16. The third-order valence-electron chi connectivity index (χ3n) is 5.10. The predicted octanol–water partition coefficient (Wildman–Crippen LogP) is 4.38. The number of amides is 1. The van der Waals surface area contributed by atoms with Gasteiger partial charge in [-0.05, 0) is 72.9 Å². The molecule has 2 heterocycles. The molecule has 3 aromatic rings. The lowest BCUT2D eigenvalue weighted by molar-refractivity contribution is 0.0912. The van der Waals surface area contributed by atoms with Crippen LogP contribution in [-0.2, 0) is 12.0 Å². The van der Waals surface area contributed by atoms with E-state index in [2.05, 4.69) is 33.8 Å². The van der Waals surface area contributed by atoms with Crippen LogP contribution in [0.3, 0.4) is 0 Å². The second-order valence-corrected chi connectivity index (χ2v) is 7.45. The molecule has 0 spiro atoms. The summed E-state index contributed by atoms with van der Waals surface area (Å²) >= 11 is 0. The number of fused-ring (bicyclic) bond motifs is 1. The lowest BCUT2D eigenvalue weighted by atomic mass is 9.95. The highest BCUT2D eigenvalue weighted by Gasteiger charge is 2.23. The Labute approximate surface area is 159 Å². The molecule has 4 rings (SSSR count). The summed E-state index contributed by atoms with van der Waals surface area (Å²) < 4.78 is 0. The van der Waals surface area contributed by atoms with Gasteiger partial charge in [-0.2, -0.15) is 0 Å². The SMILES string of the molecule is CC(C)(NC(=O)c1ccc(-c2ccc3c(c2)CCN3)cc1)c1cccnc1. The predicted molar refractivity (Wildman–Crippen MR) is 109 cm³/mol. The highest BCUT2D eigenvalue weighted by atomic mass is 16.1. The van der Waals surface area contributed by atoms with E-state index in [9.17, 15) is 4.79 Å². The molecule has 136 valence electrons. The number of hydrogen-bond acceptors (Lipinski definition) is 3. The molecule has 0 aliphatic carbocycles. The topological polar surface area (TPSA) is 54.0 Å². The van der Waals surface area contributed by atoms with Crippen LogP contribution in [0, 0.1) is 0 Å². The van der Waals surface area contributed by atoms with Gasteiger partial charge in [0.2, 0.25) is 0 Å². The third kappa shape index (κ3) is 3.56. The number of nitrogens with zero attached hydrogens (tertiary/aromatic N) is 1. The molecule has 0 bridgehead atoms. The van der Waals surface area contributed by atoms with Crippen LogP contribution >= 0.6 is 0 Å². The Balaban J connectivity index is 1.51. The molecular formula is C23H23N3O. The lowest BCUT2D eigenvalue weighted by Crippen LogP contribution is -2.41. The van der Waals surface area contributed by atoms with Crippen molar-refractivity contribution in [2.75, 3.05) is 11.9 Å². The molecule has 1 aromatic heterocycles. The smallest absolute Gasteiger partial charge is 0.251 e. The van der Waals surface area contributed by atoms with Crippen LogP contribution in [0.5, 0.6) is 0 Å². The van der Waals surface area contributed by atoms with E-state index in [1.54, 1.807) is 12.4 Å². The number of hydrogen-bond donors (Lipinski definition) is 2. The molecule has 2 N–H and O–H groups in total. The maximum Gasteiger partial charge on any atom is 0.251 e. The van der Waals surface area contributed by atoms with Crippen molar-refractivity contribution in [2.45, 2.75) is 25.8 Å². The van der Waals surface area contributed by atoms with Crippen molar-refractivity contribution in [3.63, 3.8) is 0 Å². The van der Waals surface area contributed by atoms with Crippen molar-refractivity contribution >= 4 is 11.6 Å². The summed E-state index contributed by atoms with van der Waals surface area (Å²) in [6.45, 7) is 4.97. The zero-order valence-corrected chi connectivity index (χ0v) is 15.6. The third-order valence-corrected chi connectivity index (χ3v) is 5.10. The van der Waals surface area contributed by atoms with E-state index >= 15 is 0 Å². The summed E-state index contributed by atoms with van der Waals surface area (Å²) in [7, 11) is 0. The van der Waals surface area contributed by atoms with Crippen molar-refractivity contribution in [2.24, 2.45) is 0 Å². The fourth-order valence-corrected chi connectivity index (χ4v) is 3.46. The quantitative estimate of drug-likeness (QED) is 0.728. The number of benzene rings is 2. The zero-order valence-electron chi connectivity index (χ0n) is 15.6. The zero-order chi connectivity index (χ0) is 18.9. The van der Waals surface area contributed by atoms with Crippen LogP contribution in [0.1, 0.15) is 35.3 Å². The van der Waals surface area contributed by atoms with E-state index in [1.165, 1.54) is 16.8 Å². The first kappa shape index (κ1) is 17.3. The molecule has 1 amide bonds. The normalized spacial score (nSPS) is 13.0. The highest BCUT2D eigenvalue weighted by Crippen LogP contribution is 2.29. The van der Waals surface area contributed by atoms with Crippen molar-refractivity contribution in [3.8, 4) is 11.1 Å². The summed E-state index contributed by atoms with van der Waals surface area (Å²) in [5.41, 5.74) is 6.02. The number of pyridine rings is 1. The maximum atomic E-state index is 12.7. The lowest BCUT2D eigenvalue weighted by Gasteiger charge is -2.26. The fraction of sp³-hybridized carbons (Fsp3) is 0.217. The van der Waals surface area contributed by atoms with Gasteiger partial charge < -0.3 is 10.6 Å². The number of aromatic nitrogens is 1. The van der Waals surface area contributed by atoms with Crippen molar-refractivity contribution < 1.29 is 4.79 Å². The first-order valence-corrected chi connectivity index (χ1v) is 9.23. The Morgan fingerprint density at radius 3 is 2.59 bits per heavy atom. The Kier molecular flexibility index (Phi) is 4.40. The van der Waals surface area contributed by atoms with E-state index in [-0.39, 0.29) is 5.91 Å². The molecule has 1 aliphatic rings. The van der Waals surface area contributed by atoms with Crippen molar-refractivity contribution in [1.29, 1.82) is 0 Å². The number of carbonyl (C=O) groups excluding carboxylic acids is 1. The molecule has 27 heavy (non-hydrogen) atoms. The van der Waals surface area contributed by atoms with Crippen LogP contribution in [0.25, 0.3) is 11.1 Å². The minimum Gasteiger partial charge on any atom is -0.384 e. The monoisotopic (exact) mass is 357 g/mol. The van der Waals surface area contributed by atoms with E-state index in [4.69, 9.17) is 0 Å². The standard InChI is InChI=1S/C23H23N3O/c1-23(2,20-4-3-12-24-15-20)26-22(27)17-7-5-16(6-8-17)18-9-10-21-19(14-18)11-13-25-21/h3-10,12,14-15,25H,11,13H2,1-2H3,(H,26,27). The van der Waals surface area contributed by atoms with Gasteiger partial charge in [0, 0.05) is 30.2 Å². The van der Waals surface area contributed by atoms with Crippen molar-refractivity contribution in [3.05, 3.63) is 83.7 Å². The van der Waals surface area contributed by atoms with Gasteiger partial charge in [0.25, 0.3) is 5.91 Å². The second kappa shape index (κ2) is 6.88. The van der Waals surface area contributed by atoms with Gasteiger partial charge in [0.1, 0.15) is 0 Å². The van der Waals surface area contributed by atoms with E-state index < -0.39 is 5.54 Å². The molecule has 0 radical (unpaired) electrons. The van der Waals surface area contributed by atoms with Crippen LogP contribution in [0.4, 0.5) is 5.69 Å². The number of rotatable bonds is 4. The van der Waals surface area contributed by atoms with Gasteiger partial charge in [-0.25, -0.2) is 0 Å². The van der Waals surface area contributed by atoms with E-state index in [1.807, 2.05) is 50.2 Å². The minimum absolute atomic E-state index is 0.0893. The van der Waals surface area contributed by atoms with Crippen LogP contribution < -0.4 is 10.6 Å². The summed E-state index contributed by atoms with van der Waals surface area (Å²) in [4.78, 5) is 16.8. The molecule has 0 atom stereocenters. The summed E-state index contributed by atoms with van der Waals surface area (Å²) in [6.07, 6.45) is 4.58. The van der Waals surface area contributed by atoms with Gasteiger partial charge in [-0.1, -0.05) is 24.3 Å². The first-order chi connectivity index (χ1) is 13.0. The molecule has 2 aromatic carbocycles. The van der Waals surface area contributed by atoms with E-state index in [0.717, 1.165) is 24.1 Å². The molecule has 0 fully saturated rings. The Morgan fingerprint density at radius 1 is 1.07 bits per heavy atom. The van der Waals surface area contributed by atoms with Crippen LogP contribution in [0.15, 0.2) is 67.0 Å². The highest BCUT2D eigenvalue weighted by molar-refractivity contribution is 5.95. The second-order valence-electron chi connectivity index (χ2n) is 7.45. The summed E-state index contributed by atoms with van der Waals surface area (Å²) in [6, 6.07) is 18.1. The molecule has 0 saturated heterocycles. The number of nitrogens with one attached hydrogen (secondary N) is 2. The van der Waals surface area contributed by atoms with Gasteiger partial charge >= 0.3 is 0 Å². The molecule has 0 unspecified atom stereocenters. The van der Waals surface area contributed by atoms with Gasteiger partial charge in [-0.15, -0.1) is 0 Å². The van der Waals surface area contributed by atoms with Crippen LogP contribution in [-0.4, -0.2) is 17.4 Å². The molecule has 4 nitrogen and oxygen atoms in total. The molecule has 1 aliphatic heterocycles. The minimum atomic E-state index is -0.489. The van der Waals surface area contributed by atoms with Crippen LogP contribution in [0.2, 0.25) is 0 Å². The Hall–Kier alpha value is -3.14. The molecular weight excluding hydrogens is 334 g/mol. The van der Waals surface area contributed by atoms with Gasteiger partial charge in [-0.3, -0.25) is 9.78 Å². The Bertz CT molecular complexity index is 963. The fourth-order valence-electron chi connectivity index (χ4n) is 3.46. The van der Waals surface area contributed by atoms with Crippen molar-refractivity contribution in [1.82, 2.24) is 10.3 Å². The molecule has 4 heteroatoms. The van der Waals surface area contributed by atoms with Gasteiger partial charge in [0.15, 0.2) is 0 Å². The van der Waals surface area contributed by atoms with Gasteiger partial charge in [0.05, 0.1) is 5.54 Å². The molecule has 0 saturated carbocycles. The maximum absolute atomic E-state index is 12.7. The average molecular weight is 357 g/mol. The largest absolute Gasteiger partial charge is 0.384 e.